The number of rotatable bonds is 5. The summed E-state index contributed by atoms with van der Waals surface area (Å²) in [5.74, 6) is -1.62. The third kappa shape index (κ3) is 3.79. The van der Waals surface area contributed by atoms with E-state index in [1.165, 1.54) is 27.8 Å². The monoisotopic (exact) mass is 394 g/mol. The first kappa shape index (κ1) is 18.6. The number of nitrogens with zero attached hydrogens (tertiary/aromatic N) is 1. The highest BCUT2D eigenvalue weighted by Crippen LogP contribution is 2.24. The van der Waals surface area contributed by atoms with Crippen LogP contribution in [0.1, 0.15) is 33.6 Å². The standard InChI is InChI=1S/C17H18N2O5S2/c20-16(13-4-1-2-5-14(13)17(21)22)18-12-7-9-19(10-8-12)26(23,24)15-6-3-11-25-15/h1-6,11-12H,7-10H2,(H,18,20)(H,21,22). The van der Waals surface area contributed by atoms with Crippen molar-refractivity contribution in [3.05, 3.63) is 52.9 Å². The molecule has 1 aliphatic heterocycles. The smallest absolute Gasteiger partial charge is 0.336 e. The Morgan fingerprint density at radius 3 is 2.31 bits per heavy atom. The van der Waals surface area contributed by atoms with E-state index < -0.39 is 21.9 Å². The van der Waals surface area contributed by atoms with Crippen molar-refractivity contribution in [2.24, 2.45) is 0 Å². The Balaban J connectivity index is 1.63. The van der Waals surface area contributed by atoms with Crippen molar-refractivity contribution in [1.29, 1.82) is 0 Å². The van der Waals surface area contributed by atoms with Crippen molar-refractivity contribution in [3.8, 4) is 0 Å². The molecule has 1 aliphatic rings. The molecule has 0 unspecified atom stereocenters. The number of aromatic carboxylic acids is 1. The van der Waals surface area contributed by atoms with Crippen LogP contribution in [0.3, 0.4) is 0 Å². The topological polar surface area (TPSA) is 104 Å². The summed E-state index contributed by atoms with van der Waals surface area (Å²) in [5.41, 5.74) is 0.0522. The number of amides is 1. The highest BCUT2D eigenvalue weighted by atomic mass is 32.2. The van der Waals surface area contributed by atoms with E-state index in [9.17, 15) is 23.1 Å². The predicted molar refractivity (Wildman–Crippen MR) is 97.0 cm³/mol. The van der Waals surface area contributed by atoms with Crippen molar-refractivity contribution in [2.75, 3.05) is 13.1 Å². The summed E-state index contributed by atoms with van der Waals surface area (Å²) in [4.78, 5) is 23.6. The Kier molecular flexibility index (Phi) is 5.40. The molecule has 1 saturated heterocycles. The normalized spacial score (nSPS) is 16.3. The fraction of sp³-hybridized carbons (Fsp3) is 0.294. The molecule has 2 heterocycles. The molecular weight excluding hydrogens is 376 g/mol. The second kappa shape index (κ2) is 7.56. The molecule has 3 rings (SSSR count). The van der Waals surface area contributed by atoms with Crippen LogP contribution in [0.4, 0.5) is 0 Å². The molecular formula is C17H18N2O5S2. The average molecular weight is 394 g/mol. The molecule has 7 nitrogen and oxygen atoms in total. The van der Waals surface area contributed by atoms with Crippen molar-refractivity contribution < 1.29 is 23.1 Å². The Labute approximate surface area is 155 Å². The van der Waals surface area contributed by atoms with Crippen molar-refractivity contribution in [3.63, 3.8) is 0 Å². The molecule has 0 atom stereocenters. The van der Waals surface area contributed by atoms with Gasteiger partial charge in [0.25, 0.3) is 15.9 Å². The fourth-order valence-electron chi connectivity index (χ4n) is 2.91. The van der Waals surface area contributed by atoms with E-state index in [2.05, 4.69) is 5.32 Å². The maximum atomic E-state index is 12.5. The number of hydrogen-bond acceptors (Lipinski definition) is 5. The number of carbonyl (C=O) groups excluding carboxylic acids is 1. The lowest BCUT2D eigenvalue weighted by molar-refractivity contribution is 0.0690. The minimum atomic E-state index is -3.48. The number of benzene rings is 1. The number of sulfonamides is 1. The second-order valence-corrected chi connectivity index (χ2v) is 9.05. The first-order valence-corrected chi connectivity index (χ1v) is 10.4. The van der Waals surface area contributed by atoms with Gasteiger partial charge in [0.05, 0.1) is 11.1 Å². The van der Waals surface area contributed by atoms with Crippen LogP contribution < -0.4 is 5.32 Å². The van der Waals surface area contributed by atoms with Crippen LogP contribution >= 0.6 is 11.3 Å². The molecule has 0 aliphatic carbocycles. The molecule has 0 radical (unpaired) electrons. The van der Waals surface area contributed by atoms with E-state index in [0.717, 1.165) is 0 Å². The lowest BCUT2D eigenvalue weighted by atomic mass is 10.0. The Morgan fingerprint density at radius 2 is 1.73 bits per heavy atom. The maximum Gasteiger partial charge on any atom is 0.336 e. The summed E-state index contributed by atoms with van der Waals surface area (Å²) in [5, 5.41) is 13.7. The summed E-state index contributed by atoms with van der Waals surface area (Å²) in [7, 11) is -3.48. The first-order chi connectivity index (χ1) is 12.4. The zero-order chi connectivity index (χ0) is 18.7. The number of piperidine rings is 1. The average Bonchev–Trinajstić information content (AvgIpc) is 3.17. The largest absolute Gasteiger partial charge is 0.478 e. The first-order valence-electron chi connectivity index (χ1n) is 8.06. The van der Waals surface area contributed by atoms with Gasteiger partial charge in [0.2, 0.25) is 0 Å². The minimum absolute atomic E-state index is 0.0530. The Hall–Kier alpha value is -2.23. The summed E-state index contributed by atoms with van der Waals surface area (Å²) in [6.07, 6.45) is 0.956. The predicted octanol–water partition coefficient (Wildman–Crippen LogP) is 2.03. The van der Waals surface area contributed by atoms with Crippen LogP contribution in [-0.2, 0) is 10.0 Å². The van der Waals surface area contributed by atoms with Crippen LogP contribution in [0, 0.1) is 0 Å². The highest BCUT2D eigenvalue weighted by Gasteiger charge is 2.31. The van der Waals surface area contributed by atoms with Crippen LogP contribution in [0.15, 0.2) is 46.0 Å². The molecule has 138 valence electrons. The zero-order valence-electron chi connectivity index (χ0n) is 13.8. The van der Waals surface area contributed by atoms with Crippen molar-refractivity contribution in [2.45, 2.75) is 23.1 Å². The van der Waals surface area contributed by atoms with Gasteiger partial charge >= 0.3 is 5.97 Å². The quantitative estimate of drug-likeness (QED) is 0.808. The van der Waals surface area contributed by atoms with Gasteiger partial charge in [-0.05, 0) is 36.4 Å². The van der Waals surface area contributed by atoms with Crippen LogP contribution in [0.25, 0.3) is 0 Å². The van der Waals surface area contributed by atoms with E-state index in [1.807, 2.05) is 0 Å². The van der Waals surface area contributed by atoms with Gasteiger partial charge in [-0.25, -0.2) is 13.2 Å². The number of carbonyl (C=O) groups is 2. The number of thiophene rings is 1. The van der Waals surface area contributed by atoms with Gasteiger partial charge in [-0.2, -0.15) is 4.31 Å². The van der Waals surface area contributed by atoms with Gasteiger partial charge in [-0.3, -0.25) is 4.79 Å². The van der Waals surface area contributed by atoms with Gasteiger partial charge in [-0.1, -0.05) is 18.2 Å². The third-order valence-electron chi connectivity index (χ3n) is 4.28. The van der Waals surface area contributed by atoms with E-state index >= 15 is 0 Å². The molecule has 0 bridgehead atoms. The van der Waals surface area contributed by atoms with Crippen LogP contribution in [0.5, 0.6) is 0 Å². The summed E-state index contributed by atoms with van der Waals surface area (Å²) in [6.45, 7) is 0.623. The molecule has 1 fully saturated rings. The number of nitrogens with one attached hydrogen (secondary N) is 1. The van der Waals surface area contributed by atoms with Gasteiger partial charge < -0.3 is 10.4 Å². The number of carboxylic acids is 1. The fourth-order valence-corrected chi connectivity index (χ4v) is 5.52. The van der Waals surface area contributed by atoms with Crippen molar-refractivity contribution >= 4 is 33.2 Å². The van der Waals surface area contributed by atoms with Crippen LogP contribution in [0.2, 0.25) is 0 Å². The van der Waals surface area contributed by atoms with E-state index in [0.29, 0.717) is 30.1 Å². The molecule has 26 heavy (non-hydrogen) atoms. The third-order valence-corrected chi connectivity index (χ3v) is 7.55. The molecule has 1 aromatic heterocycles. The van der Waals surface area contributed by atoms with E-state index in [1.54, 1.807) is 29.6 Å². The number of carboxylic acid groups (broad SMARTS) is 1. The second-order valence-electron chi connectivity index (χ2n) is 5.93. The van der Waals surface area contributed by atoms with Crippen LogP contribution in [-0.4, -0.2) is 48.8 Å². The lowest BCUT2D eigenvalue weighted by Crippen LogP contribution is -2.46. The molecule has 2 N–H and O–H groups in total. The van der Waals surface area contributed by atoms with Gasteiger partial charge in [0.15, 0.2) is 0 Å². The van der Waals surface area contributed by atoms with Gasteiger partial charge in [0, 0.05) is 19.1 Å². The highest BCUT2D eigenvalue weighted by molar-refractivity contribution is 7.91. The van der Waals surface area contributed by atoms with Gasteiger partial charge in [0.1, 0.15) is 4.21 Å². The van der Waals surface area contributed by atoms with Gasteiger partial charge in [-0.15, -0.1) is 11.3 Å². The molecule has 1 aromatic carbocycles. The molecule has 1 amide bonds. The molecule has 0 spiro atoms. The molecule has 0 saturated carbocycles. The van der Waals surface area contributed by atoms with E-state index in [4.69, 9.17) is 0 Å². The summed E-state index contributed by atoms with van der Waals surface area (Å²) < 4.78 is 26.7. The molecule has 2 aromatic rings. The summed E-state index contributed by atoms with van der Waals surface area (Å²) >= 11 is 1.18. The zero-order valence-corrected chi connectivity index (χ0v) is 15.4. The minimum Gasteiger partial charge on any atom is -0.478 e. The Bertz CT molecular complexity index is 901. The molecule has 9 heteroatoms. The lowest BCUT2D eigenvalue weighted by Gasteiger charge is -2.31. The summed E-state index contributed by atoms with van der Waals surface area (Å²) in [6, 6.07) is 9.11. The Morgan fingerprint density at radius 1 is 1.08 bits per heavy atom. The maximum absolute atomic E-state index is 12.5. The van der Waals surface area contributed by atoms with E-state index in [-0.39, 0.29) is 17.2 Å². The van der Waals surface area contributed by atoms with Crippen molar-refractivity contribution in [1.82, 2.24) is 9.62 Å². The SMILES string of the molecule is O=C(O)c1ccccc1C(=O)NC1CCN(S(=O)(=O)c2cccs2)CC1. The number of hydrogen-bond donors (Lipinski definition) is 2.